The molecule has 1 heterocycles. The summed E-state index contributed by atoms with van der Waals surface area (Å²) in [5, 5.41) is 20.1. The van der Waals surface area contributed by atoms with Gasteiger partial charge in [-0.25, -0.2) is 4.98 Å². The van der Waals surface area contributed by atoms with Gasteiger partial charge in [0, 0.05) is 11.6 Å². The first-order valence-electron chi connectivity index (χ1n) is 6.23. The van der Waals surface area contributed by atoms with Crippen LogP contribution in [0.4, 0.5) is 0 Å². The summed E-state index contributed by atoms with van der Waals surface area (Å²) in [7, 11) is 0. The van der Waals surface area contributed by atoms with Crippen LogP contribution in [0.5, 0.6) is 0 Å². The lowest BCUT2D eigenvalue weighted by atomic mass is 10.1. The van der Waals surface area contributed by atoms with E-state index in [0.29, 0.717) is 10.4 Å². The molecule has 2 rings (SSSR count). The van der Waals surface area contributed by atoms with Gasteiger partial charge in [0.15, 0.2) is 11.2 Å². The van der Waals surface area contributed by atoms with E-state index in [-0.39, 0.29) is 17.2 Å². The molecular weight excluding hydrogens is 256 g/mol. The average Bonchev–Trinajstić information content (AvgIpc) is 2.41. The van der Waals surface area contributed by atoms with Crippen molar-refractivity contribution in [2.45, 2.75) is 19.9 Å². The highest BCUT2D eigenvalue weighted by Gasteiger charge is 2.15. The summed E-state index contributed by atoms with van der Waals surface area (Å²) in [4.78, 5) is 16.2. The summed E-state index contributed by atoms with van der Waals surface area (Å²) in [6.45, 7) is 3.63. The largest absolute Gasteiger partial charge is 0.427 e. The molecule has 0 aliphatic carbocycles. The minimum atomic E-state index is -0.481. The lowest BCUT2D eigenvalue weighted by Crippen LogP contribution is -2.37. The van der Waals surface area contributed by atoms with Gasteiger partial charge in [-0.3, -0.25) is 10.2 Å². The second-order valence-corrected chi connectivity index (χ2v) is 4.66. The van der Waals surface area contributed by atoms with Gasteiger partial charge in [-0.05, 0) is 13.8 Å². The molecule has 0 fully saturated rings. The van der Waals surface area contributed by atoms with Gasteiger partial charge >= 0.3 is 0 Å². The number of carbonyl (C=O) groups is 1. The molecule has 0 saturated heterocycles. The van der Waals surface area contributed by atoms with Crippen molar-refractivity contribution in [3.8, 4) is 11.3 Å². The van der Waals surface area contributed by atoms with Gasteiger partial charge in [-0.2, -0.15) is 4.73 Å². The number of hydrogen-bond donors (Lipinski definition) is 3. The van der Waals surface area contributed by atoms with Crippen LogP contribution in [0.2, 0.25) is 0 Å². The highest BCUT2D eigenvalue weighted by molar-refractivity contribution is 5.92. The zero-order chi connectivity index (χ0) is 14.7. The van der Waals surface area contributed by atoms with E-state index in [1.54, 1.807) is 0 Å². The molecule has 6 heteroatoms. The predicted molar refractivity (Wildman–Crippen MR) is 73.3 cm³/mol. The van der Waals surface area contributed by atoms with Crippen molar-refractivity contribution in [3.05, 3.63) is 47.7 Å². The molecule has 1 amide bonds. The quantitative estimate of drug-likeness (QED) is 0.738. The van der Waals surface area contributed by atoms with Crippen LogP contribution in [0, 0.1) is 5.41 Å². The van der Waals surface area contributed by atoms with Gasteiger partial charge in [0.2, 0.25) is 0 Å². The van der Waals surface area contributed by atoms with Crippen molar-refractivity contribution in [2.24, 2.45) is 0 Å². The van der Waals surface area contributed by atoms with Crippen LogP contribution < -0.4 is 10.8 Å². The number of nitrogens with one attached hydrogen (secondary N) is 2. The van der Waals surface area contributed by atoms with Gasteiger partial charge in [0.1, 0.15) is 0 Å². The molecule has 0 atom stereocenters. The van der Waals surface area contributed by atoms with Crippen molar-refractivity contribution < 1.29 is 10.0 Å². The van der Waals surface area contributed by atoms with E-state index >= 15 is 0 Å². The Labute approximate surface area is 116 Å². The Morgan fingerprint density at radius 3 is 2.60 bits per heavy atom. The third-order valence-electron chi connectivity index (χ3n) is 2.63. The third-order valence-corrected chi connectivity index (χ3v) is 2.63. The van der Waals surface area contributed by atoms with Gasteiger partial charge in [-0.1, -0.05) is 30.3 Å². The Hall–Kier alpha value is -2.63. The molecule has 0 aliphatic rings. The van der Waals surface area contributed by atoms with Crippen LogP contribution in [0.1, 0.15) is 24.3 Å². The number of aromatic nitrogens is 2. The summed E-state index contributed by atoms with van der Waals surface area (Å²) in [6.07, 6.45) is 1.31. The standard InChI is InChI=1S/C14H16N4O2/c1-9(2)16-14(19)12-13(15)18(20)8-11(17-12)10-6-4-3-5-7-10/h3-9,15,20H,1-2H3,(H,16,19). The zero-order valence-electron chi connectivity index (χ0n) is 11.3. The zero-order valence-corrected chi connectivity index (χ0v) is 11.3. The SMILES string of the molecule is CC(C)NC(=O)c1nc(-c2ccccc2)cn(O)c1=N. The minimum Gasteiger partial charge on any atom is -0.427 e. The number of rotatable bonds is 3. The number of carbonyl (C=O) groups excluding carboxylic acids is 1. The number of benzene rings is 1. The van der Waals surface area contributed by atoms with Crippen molar-refractivity contribution in [3.63, 3.8) is 0 Å². The first kappa shape index (κ1) is 13.8. The monoisotopic (exact) mass is 272 g/mol. The Bertz CT molecular complexity index is 677. The molecule has 1 aromatic heterocycles. The fourth-order valence-electron chi connectivity index (χ4n) is 1.73. The van der Waals surface area contributed by atoms with E-state index in [1.807, 2.05) is 44.2 Å². The van der Waals surface area contributed by atoms with Crippen molar-refractivity contribution >= 4 is 5.91 Å². The predicted octanol–water partition coefficient (Wildman–Crippen LogP) is 1.41. The summed E-state index contributed by atoms with van der Waals surface area (Å²) in [5.41, 5.74) is 0.734. The number of hydrogen-bond acceptors (Lipinski definition) is 4. The minimum absolute atomic E-state index is 0.0729. The molecule has 1 aromatic carbocycles. The molecule has 2 aromatic rings. The molecule has 20 heavy (non-hydrogen) atoms. The van der Waals surface area contributed by atoms with Gasteiger partial charge < -0.3 is 10.5 Å². The van der Waals surface area contributed by atoms with Crippen molar-refractivity contribution in [1.29, 1.82) is 5.41 Å². The van der Waals surface area contributed by atoms with Gasteiger partial charge in [-0.15, -0.1) is 0 Å². The molecule has 3 N–H and O–H groups in total. The third kappa shape index (κ3) is 2.85. The Morgan fingerprint density at radius 2 is 2.00 bits per heavy atom. The van der Waals surface area contributed by atoms with Crippen LogP contribution in [0.3, 0.4) is 0 Å². The van der Waals surface area contributed by atoms with E-state index in [4.69, 9.17) is 5.41 Å². The molecule has 0 unspecified atom stereocenters. The summed E-state index contributed by atoms with van der Waals surface area (Å²) in [6, 6.07) is 9.09. The summed E-state index contributed by atoms with van der Waals surface area (Å²) >= 11 is 0. The summed E-state index contributed by atoms with van der Waals surface area (Å²) in [5.74, 6) is -0.481. The summed E-state index contributed by atoms with van der Waals surface area (Å²) < 4.78 is 0.602. The molecule has 0 saturated carbocycles. The maximum Gasteiger partial charge on any atom is 0.274 e. The van der Waals surface area contributed by atoms with Gasteiger partial charge in [0.25, 0.3) is 5.91 Å². The molecule has 0 spiro atoms. The number of amides is 1. The maximum atomic E-state index is 12.0. The highest BCUT2D eigenvalue weighted by Crippen LogP contribution is 2.14. The Balaban J connectivity index is 2.51. The topological polar surface area (TPSA) is 91.0 Å². The molecular formula is C14H16N4O2. The first-order chi connectivity index (χ1) is 9.49. The van der Waals surface area contributed by atoms with Gasteiger partial charge in [0.05, 0.1) is 11.9 Å². The normalized spacial score (nSPS) is 10.6. The fourth-order valence-corrected chi connectivity index (χ4v) is 1.73. The highest BCUT2D eigenvalue weighted by atomic mass is 16.5. The molecule has 104 valence electrons. The lowest BCUT2D eigenvalue weighted by Gasteiger charge is -2.10. The van der Waals surface area contributed by atoms with Crippen LogP contribution in [-0.2, 0) is 0 Å². The van der Waals surface area contributed by atoms with Crippen LogP contribution >= 0.6 is 0 Å². The van der Waals surface area contributed by atoms with Crippen LogP contribution in [0.25, 0.3) is 11.3 Å². The second-order valence-electron chi connectivity index (χ2n) is 4.66. The smallest absolute Gasteiger partial charge is 0.274 e. The average molecular weight is 272 g/mol. The van der Waals surface area contributed by atoms with Crippen LogP contribution in [0.15, 0.2) is 36.5 Å². The molecule has 6 nitrogen and oxygen atoms in total. The first-order valence-corrected chi connectivity index (χ1v) is 6.23. The second kappa shape index (κ2) is 5.56. The van der Waals surface area contributed by atoms with E-state index in [2.05, 4.69) is 10.3 Å². The van der Waals surface area contributed by atoms with E-state index in [1.165, 1.54) is 6.20 Å². The molecule has 0 aliphatic heterocycles. The van der Waals surface area contributed by atoms with Crippen LogP contribution in [-0.4, -0.2) is 26.9 Å². The molecule has 0 bridgehead atoms. The lowest BCUT2D eigenvalue weighted by molar-refractivity contribution is 0.0926. The van der Waals surface area contributed by atoms with E-state index < -0.39 is 5.91 Å². The van der Waals surface area contributed by atoms with Crippen molar-refractivity contribution in [2.75, 3.05) is 0 Å². The number of nitrogens with zero attached hydrogens (tertiary/aromatic N) is 2. The Kier molecular flexibility index (Phi) is 3.84. The van der Waals surface area contributed by atoms with E-state index in [9.17, 15) is 10.0 Å². The maximum absolute atomic E-state index is 12.0. The molecule has 0 radical (unpaired) electrons. The Morgan fingerprint density at radius 1 is 1.35 bits per heavy atom. The van der Waals surface area contributed by atoms with E-state index in [0.717, 1.165) is 5.56 Å². The fraction of sp³-hybridized carbons (Fsp3) is 0.214. The van der Waals surface area contributed by atoms with Crippen molar-refractivity contribution in [1.82, 2.24) is 15.0 Å².